The third-order valence-electron chi connectivity index (χ3n) is 4.48. The van der Waals surface area contributed by atoms with Crippen LogP contribution in [0.3, 0.4) is 0 Å². The average molecular weight is 254 g/mol. The van der Waals surface area contributed by atoms with Gasteiger partial charge in [0, 0.05) is 11.8 Å². The van der Waals surface area contributed by atoms with Crippen molar-refractivity contribution in [1.29, 1.82) is 0 Å². The van der Waals surface area contributed by atoms with Gasteiger partial charge >= 0.3 is 0 Å². The minimum absolute atomic E-state index is 0.552. The quantitative estimate of drug-likeness (QED) is 0.809. The highest BCUT2D eigenvalue weighted by molar-refractivity contribution is 8.14. The molecule has 2 nitrogen and oxygen atoms in total. The number of nitrogens with zero attached hydrogens (tertiary/aromatic N) is 1. The first kappa shape index (κ1) is 13.3. The molecule has 1 heterocycles. The van der Waals surface area contributed by atoms with Gasteiger partial charge in [-0.05, 0) is 24.2 Å². The second kappa shape index (κ2) is 5.64. The molecule has 2 rings (SSSR count). The van der Waals surface area contributed by atoms with Crippen LogP contribution in [0, 0.1) is 11.3 Å². The summed E-state index contributed by atoms with van der Waals surface area (Å²) in [5.41, 5.74) is 0.552. The van der Waals surface area contributed by atoms with Crippen molar-refractivity contribution in [1.82, 2.24) is 5.32 Å². The number of aliphatic imine (C=N–C) groups is 1. The lowest BCUT2D eigenvalue weighted by atomic mass is 9.70. The molecule has 0 aromatic carbocycles. The fraction of sp³-hybridized carbons (Fsp3) is 0.929. The second-order valence-electron chi connectivity index (χ2n) is 5.90. The maximum atomic E-state index is 4.66. The van der Waals surface area contributed by atoms with Crippen LogP contribution in [0.15, 0.2) is 4.99 Å². The predicted octanol–water partition coefficient (Wildman–Crippen LogP) is 3.67. The van der Waals surface area contributed by atoms with Crippen molar-refractivity contribution >= 4 is 16.9 Å². The Labute approximate surface area is 110 Å². The van der Waals surface area contributed by atoms with E-state index >= 15 is 0 Å². The molecule has 1 saturated carbocycles. The number of nitrogens with one attached hydrogen (secondary N) is 1. The van der Waals surface area contributed by atoms with Gasteiger partial charge < -0.3 is 5.32 Å². The Morgan fingerprint density at radius 2 is 2.12 bits per heavy atom. The van der Waals surface area contributed by atoms with Crippen LogP contribution < -0.4 is 5.32 Å². The van der Waals surface area contributed by atoms with Gasteiger partial charge in [0.05, 0.1) is 6.54 Å². The Kier molecular flexibility index (Phi) is 4.40. The van der Waals surface area contributed by atoms with Gasteiger partial charge in [0.25, 0.3) is 0 Å². The third-order valence-corrected chi connectivity index (χ3v) is 5.81. The molecule has 98 valence electrons. The average Bonchev–Trinajstić information content (AvgIpc) is 2.74. The van der Waals surface area contributed by atoms with Crippen LogP contribution in [0.5, 0.6) is 0 Å². The topological polar surface area (TPSA) is 24.4 Å². The van der Waals surface area contributed by atoms with Gasteiger partial charge in [-0.1, -0.05) is 51.8 Å². The van der Waals surface area contributed by atoms with Crippen LogP contribution in [0.2, 0.25) is 0 Å². The first-order chi connectivity index (χ1) is 8.17. The van der Waals surface area contributed by atoms with E-state index in [0.717, 1.165) is 24.3 Å². The molecule has 0 spiro atoms. The standard InChI is InChI=1S/C14H26N2S/c1-4-11(5-2)12-9-15-13(17-12)16-10-14(3)7-6-8-14/h11-12H,4-10H2,1-3H3,(H,15,16). The third kappa shape index (κ3) is 3.18. The lowest BCUT2D eigenvalue weighted by Gasteiger charge is -2.38. The summed E-state index contributed by atoms with van der Waals surface area (Å²) < 4.78 is 0. The smallest absolute Gasteiger partial charge is 0.156 e. The summed E-state index contributed by atoms with van der Waals surface area (Å²) in [4.78, 5) is 4.66. The normalized spacial score (nSPS) is 26.8. The number of hydrogen-bond donors (Lipinski definition) is 1. The molecule has 1 unspecified atom stereocenters. The van der Waals surface area contributed by atoms with Crippen LogP contribution in [-0.2, 0) is 0 Å². The van der Waals surface area contributed by atoms with E-state index in [1.165, 1.54) is 37.3 Å². The SMILES string of the molecule is CCC(CC)C1CN=C(NCC2(C)CCC2)S1. The van der Waals surface area contributed by atoms with Gasteiger partial charge in [0.15, 0.2) is 5.17 Å². The molecule has 0 aromatic rings. The zero-order chi connectivity index (χ0) is 12.3. The fourth-order valence-corrected chi connectivity index (χ4v) is 4.11. The van der Waals surface area contributed by atoms with Crippen LogP contribution in [0.25, 0.3) is 0 Å². The minimum atomic E-state index is 0.552. The fourth-order valence-electron chi connectivity index (χ4n) is 2.79. The lowest BCUT2D eigenvalue weighted by molar-refractivity contribution is 0.166. The molecule has 1 N–H and O–H groups in total. The Bertz CT molecular complexity index is 280. The number of hydrogen-bond acceptors (Lipinski definition) is 3. The Morgan fingerprint density at radius 3 is 2.65 bits per heavy atom. The van der Waals surface area contributed by atoms with E-state index in [4.69, 9.17) is 0 Å². The van der Waals surface area contributed by atoms with Gasteiger partial charge in [-0.2, -0.15) is 0 Å². The van der Waals surface area contributed by atoms with E-state index in [9.17, 15) is 0 Å². The molecule has 0 amide bonds. The van der Waals surface area contributed by atoms with Crippen LogP contribution in [-0.4, -0.2) is 23.5 Å². The monoisotopic (exact) mass is 254 g/mol. The van der Waals surface area contributed by atoms with Gasteiger partial charge in [-0.3, -0.25) is 4.99 Å². The van der Waals surface area contributed by atoms with Crippen LogP contribution >= 0.6 is 11.8 Å². The summed E-state index contributed by atoms with van der Waals surface area (Å²) in [6.07, 6.45) is 6.75. The van der Waals surface area contributed by atoms with Crippen molar-refractivity contribution in [2.24, 2.45) is 16.3 Å². The highest BCUT2D eigenvalue weighted by atomic mass is 32.2. The first-order valence-electron chi connectivity index (χ1n) is 7.12. The van der Waals surface area contributed by atoms with E-state index in [2.05, 4.69) is 31.1 Å². The van der Waals surface area contributed by atoms with Crippen molar-refractivity contribution < 1.29 is 0 Å². The van der Waals surface area contributed by atoms with Gasteiger partial charge in [-0.15, -0.1) is 0 Å². The summed E-state index contributed by atoms with van der Waals surface area (Å²) >= 11 is 1.98. The van der Waals surface area contributed by atoms with Crippen LogP contribution in [0.1, 0.15) is 52.9 Å². The van der Waals surface area contributed by atoms with E-state index in [1.54, 1.807) is 0 Å². The summed E-state index contributed by atoms with van der Waals surface area (Å²) in [7, 11) is 0. The molecule has 1 atom stereocenters. The van der Waals surface area contributed by atoms with Gasteiger partial charge in [0.1, 0.15) is 0 Å². The largest absolute Gasteiger partial charge is 0.364 e. The zero-order valence-corrected chi connectivity index (χ0v) is 12.3. The molecule has 0 bridgehead atoms. The van der Waals surface area contributed by atoms with E-state index in [-0.39, 0.29) is 0 Å². The van der Waals surface area contributed by atoms with Crippen molar-refractivity contribution in [3.05, 3.63) is 0 Å². The highest BCUT2D eigenvalue weighted by Gasteiger charge is 2.33. The molecule has 0 aromatic heterocycles. The maximum Gasteiger partial charge on any atom is 0.156 e. The van der Waals surface area contributed by atoms with Gasteiger partial charge in [0.2, 0.25) is 0 Å². The van der Waals surface area contributed by atoms with E-state index in [1.807, 2.05) is 11.8 Å². The molecular weight excluding hydrogens is 228 g/mol. The molecule has 2 aliphatic rings. The Balaban J connectivity index is 1.73. The zero-order valence-electron chi connectivity index (χ0n) is 11.5. The summed E-state index contributed by atoms with van der Waals surface area (Å²) in [5, 5.41) is 5.50. The summed E-state index contributed by atoms with van der Waals surface area (Å²) in [6, 6.07) is 0. The minimum Gasteiger partial charge on any atom is -0.364 e. The van der Waals surface area contributed by atoms with Crippen LogP contribution in [0.4, 0.5) is 0 Å². The lowest BCUT2D eigenvalue weighted by Crippen LogP contribution is -2.38. The summed E-state index contributed by atoms with van der Waals surface area (Å²) in [5.74, 6) is 0.835. The predicted molar refractivity (Wildman–Crippen MR) is 77.7 cm³/mol. The molecule has 1 aliphatic carbocycles. The molecule has 3 heteroatoms. The Hall–Kier alpha value is -0.180. The van der Waals surface area contributed by atoms with E-state index in [0.29, 0.717) is 5.41 Å². The van der Waals surface area contributed by atoms with Crippen molar-refractivity contribution in [3.63, 3.8) is 0 Å². The van der Waals surface area contributed by atoms with Crippen molar-refractivity contribution in [3.8, 4) is 0 Å². The van der Waals surface area contributed by atoms with Gasteiger partial charge in [-0.25, -0.2) is 0 Å². The highest BCUT2D eigenvalue weighted by Crippen LogP contribution is 2.40. The van der Waals surface area contributed by atoms with Crippen molar-refractivity contribution in [2.45, 2.75) is 58.1 Å². The maximum absolute atomic E-state index is 4.66. The number of amidine groups is 1. The first-order valence-corrected chi connectivity index (χ1v) is 8.00. The molecule has 0 saturated heterocycles. The molecule has 17 heavy (non-hydrogen) atoms. The van der Waals surface area contributed by atoms with E-state index < -0.39 is 0 Å². The number of rotatable bonds is 5. The molecule has 1 aliphatic heterocycles. The molecule has 1 fully saturated rings. The van der Waals surface area contributed by atoms with Crippen molar-refractivity contribution in [2.75, 3.05) is 13.1 Å². The Morgan fingerprint density at radius 1 is 1.41 bits per heavy atom. The summed E-state index contributed by atoms with van der Waals surface area (Å²) in [6.45, 7) is 9.14. The number of thioether (sulfide) groups is 1. The molecule has 0 radical (unpaired) electrons. The molecular formula is C14H26N2S. The second-order valence-corrected chi connectivity index (χ2v) is 7.12.